The molecule has 4 rings (SSSR count). The zero-order chi connectivity index (χ0) is 28.9. The van der Waals surface area contributed by atoms with Crippen LogP contribution in [0.3, 0.4) is 0 Å². The summed E-state index contributed by atoms with van der Waals surface area (Å²) in [6.45, 7) is 17.8. The summed E-state index contributed by atoms with van der Waals surface area (Å²) in [6, 6.07) is 18.4. The third-order valence-corrected chi connectivity index (χ3v) is 9.56. The van der Waals surface area contributed by atoms with E-state index in [1.807, 2.05) is 30.3 Å². The Morgan fingerprint density at radius 2 is 1.23 bits per heavy atom. The van der Waals surface area contributed by atoms with Gasteiger partial charge in [0.1, 0.15) is 0 Å². The van der Waals surface area contributed by atoms with Crippen LogP contribution >= 0.6 is 19.4 Å². The number of hydrogen-bond donors (Lipinski definition) is 0. The molecule has 1 aliphatic heterocycles. The van der Waals surface area contributed by atoms with E-state index in [9.17, 15) is 8.42 Å². The summed E-state index contributed by atoms with van der Waals surface area (Å²) in [5.41, 5.74) is 11.7. The fraction of sp³-hybridized carbons (Fsp3) is 0.333. The van der Waals surface area contributed by atoms with E-state index in [2.05, 4.69) is 82.3 Å². The first-order chi connectivity index (χ1) is 18.3. The van der Waals surface area contributed by atoms with E-state index in [-0.39, 0.29) is 6.54 Å². The van der Waals surface area contributed by atoms with Crippen molar-refractivity contribution in [1.29, 1.82) is 0 Å². The normalized spacial score (nSPS) is 13.8. The van der Waals surface area contributed by atoms with Crippen LogP contribution in [-0.2, 0) is 30.1 Å². The summed E-state index contributed by atoms with van der Waals surface area (Å²) in [5, 5.41) is 0. The molecule has 1 saturated heterocycles. The molecular formula is C30H38Cl2N3O2RuS-. The second kappa shape index (κ2) is 13.7. The van der Waals surface area contributed by atoms with Gasteiger partial charge in [-0.1, -0.05) is 35.4 Å². The van der Waals surface area contributed by atoms with Gasteiger partial charge < -0.3 is 9.80 Å². The maximum atomic E-state index is 11.5. The molecule has 1 aliphatic rings. The van der Waals surface area contributed by atoms with Gasteiger partial charge in [0, 0.05) is 24.5 Å². The molecule has 0 aliphatic carbocycles. The zero-order valence-corrected chi connectivity index (χ0v) is 27.7. The third kappa shape index (κ3) is 8.86. The van der Waals surface area contributed by atoms with Crippen molar-refractivity contribution < 1.29 is 21.9 Å². The quantitative estimate of drug-likeness (QED) is 0.206. The summed E-state index contributed by atoms with van der Waals surface area (Å²) in [6.07, 6.45) is 1.14. The van der Waals surface area contributed by atoms with Gasteiger partial charge in [0.15, 0.2) is 0 Å². The molecule has 0 N–H and O–H groups in total. The number of aryl methyl sites for hydroxylation is 6. The maximum Gasteiger partial charge on any atom is 0.0146 e. The van der Waals surface area contributed by atoms with Gasteiger partial charge in [-0.25, -0.2) is 0 Å². The van der Waals surface area contributed by atoms with E-state index in [0.29, 0.717) is 0 Å². The number of hydrogen-bond acceptors (Lipinski definition) is 4. The van der Waals surface area contributed by atoms with Crippen LogP contribution < -0.4 is 9.80 Å². The molecule has 0 saturated carbocycles. The first-order valence-electron chi connectivity index (χ1n) is 12.6. The van der Waals surface area contributed by atoms with Gasteiger partial charge in [-0.2, -0.15) is 6.67 Å². The smallest absolute Gasteiger partial charge is 0.0146 e. The van der Waals surface area contributed by atoms with E-state index < -0.39 is 23.5 Å². The Labute approximate surface area is 247 Å². The minimum absolute atomic E-state index is 0.268. The molecular weight excluding hydrogens is 638 g/mol. The first-order valence-corrected chi connectivity index (χ1v) is 20.0. The minimum atomic E-state index is -3.31. The van der Waals surface area contributed by atoms with Crippen molar-refractivity contribution in [1.82, 2.24) is 4.31 Å². The van der Waals surface area contributed by atoms with Gasteiger partial charge in [-0.3, -0.25) is 0 Å². The molecule has 0 unspecified atom stereocenters. The molecule has 0 spiro atoms. The molecule has 3 aromatic rings. The van der Waals surface area contributed by atoms with Gasteiger partial charge in [0.2, 0.25) is 0 Å². The van der Waals surface area contributed by atoms with E-state index >= 15 is 0 Å². The first kappa shape index (κ1) is 31.8. The molecule has 0 aromatic heterocycles. The zero-order valence-electron chi connectivity index (χ0n) is 23.6. The standard InChI is InChI=1S/C21H27N2.C9H11NO2S.2ClH.Ru/c1-14-9-16(3)20(17(4)10-14)22-7-8-23(13-22)21-18(5)11-15(2)12-19(21)6;1-10(13(2,11)12)8-9-6-4-3-5-7-9;;;/h9-13H,7-8H2,1-6H3;1,3-7H,8H2,2H3;2*1H;/q-1;;;;+2/p-2. The van der Waals surface area contributed by atoms with Gasteiger partial charge in [-0.05, 0) is 63.8 Å². The minimum Gasteiger partial charge on any atom is -0.502 e. The van der Waals surface area contributed by atoms with Gasteiger partial charge >= 0.3 is 109 Å². The fourth-order valence-electron chi connectivity index (χ4n) is 5.15. The molecule has 0 radical (unpaired) electrons. The number of halogens is 2. The van der Waals surface area contributed by atoms with Crippen LogP contribution in [0.2, 0.25) is 0 Å². The maximum absolute atomic E-state index is 11.5. The summed E-state index contributed by atoms with van der Waals surface area (Å²) in [7, 11) is 8.07. The van der Waals surface area contributed by atoms with Crippen molar-refractivity contribution in [3.63, 3.8) is 0 Å². The van der Waals surface area contributed by atoms with Crippen molar-refractivity contribution in [2.75, 3.05) is 29.1 Å². The predicted molar refractivity (Wildman–Crippen MR) is 165 cm³/mol. The molecule has 0 atom stereocenters. The Morgan fingerprint density at radius 1 is 0.821 bits per heavy atom. The van der Waals surface area contributed by atoms with Crippen LogP contribution in [-0.4, -0.2) is 36.8 Å². The predicted octanol–water partition coefficient (Wildman–Crippen LogP) is 7.12. The van der Waals surface area contributed by atoms with E-state index in [1.54, 1.807) is 0 Å². The molecule has 9 heteroatoms. The van der Waals surface area contributed by atoms with E-state index in [1.165, 1.54) is 53.8 Å². The SMILES string of the molecule is CS(=O)(=O)N([CH]=[Ru]([Cl])[Cl])Cc1ccccc1.Cc1cc(C)c(N2[CH-]N(c3c(C)cc(C)cc3C)CC2)c(C)c1. The molecule has 1 fully saturated rings. The Balaban J connectivity index is 0.000000231. The topological polar surface area (TPSA) is 43.9 Å². The summed E-state index contributed by atoms with van der Waals surface area (Å²) in [4.78, 5) is 4.81. The summed E-state index contributed by atoms with van der Waals surface area (Å²) >= 11 is -2.14. The summed E-state index contributed by atoms with van der Waals surface area (Å²) in [5.74, 6) is 0. The van der Waals surface area contributed by atoms with Crippen LogP contribution in [0.5, 0.6) is 0 Å². The van der Waals surface area contributed by atoms with E-state index in [4.69, 9.17) is 19.4 Å². The third-order valence-electron chi connectivity index (χ3n) is 6.48. The van der Waals surface area contributed by atoms with Crippen molar-refractivity contribution in [2.24, 2.45) is 0 Å². The number of sulfonamides is 1. The van der Waals surface area contributed by atoms with Crippen LogP contribution in [0.1, 0.15) is 38.9 Å². The number of nitrogens with zero attached hydrogens (tertiary/aromatic N) is 3. The molecule has 1 heterocycles. The van der Waals surface area contributed by atoms with Crippen molar-refractivity contribution in [2.45, 2.75) is 48.1 Å². The van der Waals surface area contributed by atoms with Gasteiger partial charge in [0.05, 0.1) is 0 Å². The second-order valence-corrected chi connectivity index (χ2v) is 17.7. The molecule has 214 valence electrons. The number of anilines is 2. The van der Waals surface area contributed by atoms with Gasteiger partial charge in [0.25, 0.3) is 0 Å². The van der Waals surface area contributed by atoms with Crippen molar-refractivity contribution in [3.05, 3.63) is 100 Å². The molecule has 0 bridgehead atoms. The Bertz CT molecular complexity index is 1330. The van der Waals surface area contributed by atoms with Crippen LogP contribution in [0.25, 0.3) is 0 Å². The largest absolute Gasteiger partial charge is 0.502 e. The summed E-state index contributed by atoms with van der Waals surface area (Å²) < 4.78 is 25.6. The Kier molecular flexibility index (Phi) is 11.2. The van der Waals surface area contributed by atoms with Crippen molar-refractivity contribution in [3.8, 4) is 0 Å². The second-order valence-electron chi connectivity index (χ2n) is 10.1. The van der Waals surface area contributed by atoms with E-state index in [0.717, 1.165) is 24.9 Å². The van der Waals surface area contributed by atoms with Gasteiger partial charge in [-0.15, -0.1) is 0 Å². The monoisotopic (exact) mass is 676 g/mol. The molecule has 39 heavy (non-hydrogen) atoms. The molecule has 3 aromatic carbocycles. The van der Waals surface area contributed by atoms with Crippen LogP contribution in [0.4, 0.5) is 11.4 Å². The van der Waals surface area contributed by atoms with Crippen molar-refractivity contribution >= 4 is 45.5 Å². The number of benzene rings is 3. The molecule has 0 amide bonds. The number of rotatable bonds is 6. The Hall–Kier alpha value is -1.76. The Morgan fingerprint density at radius 3 is 1.59 bits per heavy atom. The average Bonchev–Trinajstić information content (AvgIpc) is 3.26. The van der Waals surface area contributed by atoms with Crippen LogP contribution in [0.15, 0.2) is 54.6 Å². The average molecular weight is 677 g/mol. The molecule has 5 nitrogen and oxygen atoms in total. The van der Waals surface area contributed by atoms with Crippen LogP contribution in [0, 0.1) is 48.2 Å². The fourth-order valence-corrected chi connectivity index (χ4v) is 9.11.